The number of aliphatic hydroxyl groups is 1. The van der Waals surface area contributed by atoms with E-state index in [1.807, 2.05) is 0 Å². The summed E-state index contributed by atoms with van der Waals surface area (Å²) in [5.74, 6) is -1.99. The van der Waals surface area contributed by atoms with Crippen molar-refractivity contribution < 1.29 is 24.9 Å². The highest BCUT2D eigenvalue weighted by Gasteiger charge is 2.07. The molecule has 2 unspecified atom stereocenters. The summed E-state index contributed by atoms with van der Waals surface area (Å²) in [7, 11) is 0. The molecule has 0 spiro atoms. The molecule has 0 aliphatic rings. The quantitative estimate of drug-likeness (QED) is 0.296. The highest BCUT2D eigenvalue weighted by atomic mass is 32.1. The van der Waals surface area contributed by atoms with Crippen molar-refractivity contribution in [2.24, 2.45) is 11.5 Å². The second kappa shape index (κ2) is 8.75. The Morgan fingerprint density at radius 2 is 1.50 bits per heavy atom. The summed E-state index contributed by atoms with van der Waals surface area (Å²) < 4.78 is 0. The van der Waals surface area contributed by atoms with Gasteiger partial charge in [-0.05, 0) is 0 Å². The predicted molar refractivity (Wildman–Crippen MR) is 52.2 cm³/mol. The van der Waals surface area contributed by atoms with Gasteiger partial charge in [0.25, 0.3) is 0 Å². The molecule has 0 saturated heterocycles. The number of hydrogen-bond acceptors (Lipinski definition) is 6. The van der Waals surface area contributed by atoms with Crippen molar-refractivity contribution in [2.45, 2.75) is 12.1 Å². The molecule has 8 heteroatoms. The number of rotatable bonds is 4. The third kappa shape index (κ3) is 9.26. The molecule has 0 amide bonds. The first-order valence-corrected chi connectivity index (χ1v) is 4.18. The van der Waals surface area contributed by atoms with Gasteiger partial charge in [0.15, 0.2) is 0 Å². The number of nitrogens with two attached hydrogens (primary N) is 2. The molecule has 0 aliphatic heterocycles. The maximum atomic E-state index is 9.76. The molecule has 0 aromatic heterocycles. The van der Waals surface area contributed by atoms with E-state index in [0.717, 1.165) is 0 Å². The van der Waals surface area contributed by atoms with Crippen LogP contribution in [-0.4, -0.2) is 51.7 Å². The maximum absolute atomic E-state index is 9.76. The van der Waals surface area contributed by atoms with Crippen molar-refractivity contribution in [3.05, 3.63) is 0 Å². The van der Waals surface area contributed by atoms with E-state index in [2.05, 4.69) is 12.6 Å². The Labute approximate surface area is 86.1 Å². The fourth-order valence-corrected chi connectivity index (χ4v) is 0.312. The summed E-state index contributed by atoms with van der Waals surface area (Å²) in [4.78, 5) is 19.4. The van der Waals surface area contributed by atoms with Crippen LogP contribution >= 0.6 is 12.6 Å². The minimum Gasteiger partial charge on any atom is -0.480 e. The monoisotopic (exact) mass is 226 g/mol. The van der Waals surface area contributed by atoms with Crippen molar-refractivity contribution in [3.63, 3.8) is 0 Å². The molecule has 2 atom stereocenters. The first kappa shape index (κ1) is 15.6. The van der Waals surface area contributed by atoms with Crippen molar-refractivity contribution >= 4 is 24.6 Å². The van der Waals surface area contributed by atoms with Crippen LogP contribution in [0.1, 0.15) is 0 Å². The van der Waals surface area contributed by atoms with Crippen LogP contribution in [0.25, 0.3) is 0 Å². The van der Waals surface area contributed by atoms with Gasteiger partial charge in [0.05, 0.1) is 6.61 Å². The summed E-state index contributed by atoms with van der Waals surface area (Å²) in [6.45, 7) is -0.505. The van der Waals surface area contributed by atoms with Gasteiger partial charge in [-0.2, -0.15) is 12.6 Å². The lowest BCUT2D eigenvalue weighted by molar-refractivity contribution is -0.139. The van der Waals surface area contributed by atoms with Gasteiger partial charge in [-0.15, -0.1) is 0 Å². The van der Waals surface area contributed by atoms with E-state index in [-0.39, 0.29) is 5.75 Å². The van der Waals surface area contributed by atoms with Crippen LogP contribution in [0.4, 0.5) is 0 Å². The minimum atomic E-state index is -1.18. The van der Waals surface area contributed by atoms with Crippen LogP contribution in [0.5, 0.6) is 0 Å². The first-order chi connectivity index (χ1) is 6.36. The first-order valence-electron chi connectivity index (χ1n) is 3.55. The fraction of sp³-hybridized carbons (Fsp3) is 0.667. The van der Waals surface area contributed by atoms with Crippen LogP contribution in [0, 0.1) is 0 Å². The zero-order valence-electron chi connectivity index (χ0n) is 7.33. The smallest absolute Gasteiger partial charge is 0.322 e. The number of thiol groups is 1. The molecule has 7 N–H and O–H groups in total. The van der Waals surface area contributed by atoms with Gasteiger partial charge in [0.1, 0.15) is 12.1 Å². The van der Waals surface area contributed by atoms with E-state index in [4.69, 9.17) is 26.8 Å². The minimum absolute atomic E-state index is 0.190. The lowest BCUT2D eigenvalue weighted by Gasteiger charge is -1.96. The number of carbonyl (C=O) groups is 2. The van der Waals surface area contributed by atoms with Crippen LogP contribution in [-0.2, 0) is 9.59 Å². The van der Waals surface area contributed by atoms with Gasteiger partial charge in [0, 0.05) is 5.75 Å². The van der Waals surface area contributed by atoms with Gasteiger partial charge in [0.2, 0.25) is 0 Å². The molecule has 0 radical (unpaired) electrons. The molecule has 0 bridgehead atoms. The molecule has 0 fully saturated rings. The van der Waals surface area contributed by atoms with E-state index in [1.54, 1.807) is 0 Å². The fourth-order valence-electron chi connectivity index (χ4n) is 0.156. The second-order valence-corrected chi connectivity index (χ2v) is 2.62. The highest BCUT2D eigenvalue weighted by molar-refractivity contribution is 7.80. The predicted octanol–water partition coefficient (Wildman–Crippen LogP) is -2.28. The molecular weight excluding hydrogens is 212 g/mol. The lowest BCUT2D eigenvalue weighted by atomic mass is 10.3. The summed E-state index contributed by atoms with van der Waals surface area (Å²) >= 11 is 3.65. The maximum Gasteiger partial charge on any atom is 0.322 e. The number of aliphatic hydroxyl groups excluding tert-OH is 1. The summed E-state index contributed by atoms with van der Waals surface area (Å²) in [5, 5.41) is 23.9. The Bertz CT molecular complexity index is 169. The average molecular weight is 226 g/mol. The Morgan fingerprint density at radius 3 is 1.50 bits per heavy atom. The summed E-state index contributed by atoms with van der Waals surface area (Å²) in [6.07, 6.45) is 0. The van der Waals surface area contributed by atoms with Crippen molar-refractivity contribution in [1.29, 1.82) is 0 Å². The Kier molecular flexibility index (Phi) is 9.78. The SMILES string of the molecule is NC(CO)C(=O)O.NC(CS)C(=O)O. The van der Waals surface area contributed by atoms with E-state index >= 15 is 0 Å². The Hall–Kier alpha value is -0.830. The average Bonchev–Trinajstić information content (AvgIpc) is 2.15. The van der Waals surface area contributed by atoms with Gasteiger partial charge in [-0.1, -0.05) is 0 Å². The third-order valence-corrected chi connectivity index (χ3v) is 1.42. The lowest BCUT2D eigenvalue weighted by Crippen LogP contribution is -2.33. The topological polar surface area (TPSA) is 147 Å². The number of carboxylic acid groups (broad SMARTS) is 2. The van der Waals surface area contributed by atoms with Crippen LogP contribution in [0.15, 0.2) is 0 Å². The standard InChI is InChI=1S/C3H7NO3.C3H7NO2S/c4-2(1-5)3(6)7;4-2(1-7)3(5)6/h2,5H,1,4H2,(H,6,7);2,7H,1,4H2,(H,5,6). The van der Waals surface area contributed by atoms with E-state index in [9.17, 15) is 9.59 Å². The molecular formula is C6H14N2O5S. The van der Waals surface area contributed by atoms with Gasteiger partial charge >= 0.3 is 11.9 Å². The third-order valence-electron chi connectivity index (χ3n) is 1.03. The summed E-state index contributed by atoms with van der Waals surface area (Å²) in [5.41, 5.74) is 9.71. The van der Waals surface area contributed by atoms with Crippen LogP contribution in [0.3, 0.4) is 0 Å². The molecule has 0 rings (SSSR count). The zero-order valence-corrected chi connectivity index (χ0v) is 8.22. The molecule has 0 saturated carbocycles. The Balaban J connectivity index is 0. The van der Waals surface area contributed by atoms with Crippen molar-refractivity contribution in [3.8, 4) is 0 Å². The van der Waals surface area contributed by atoms with E-state index in [0.29, 0.717) is 0 Å². The van der Waals surface area contributed by atoms with Crippen molar-refractivity contribution in [1.82, 2.24) is 0 Å². The van der Waals surface area contributed by atoms with Crippen LogP contribution < -0.4 is 11.5 Å². The molecule has 0 aromatic carbocycles. The number of carboxylic acids is 2. The van der Waals surface area contributed by atoms with Gasteiger partial charge in [-0.25, -0.2) is 0 Å². The number of hydrogen-bond donors (Lipinski definition) is 6. The Morgan fingerprint density at radius 1 is 1.14 bits per heavy atom. The molecule has 0 aromatic rings. The number of aliphatic carboxylic acids is 2. The van der Waals surface area contributed by atoms with Crippen molar-refractivity contribution in [2.75, 3.05) is 12.4 Å². The molecule has 0 aliphatic carbocycles. The van der Waals surface area contributed by atoms with E-state index in [1.165, 1.54) is 0 Å². The molecule has 84 valence electrons. The normalized spacial score (nSPS) is 13.4. The molecule has 7 nitrogen and oxygen atoms in total. The molecule has 0 heterocycles. The zero-order chi connectivity index (χ0) is 11.7. The second-order valence-electron chi connectivity index (χ2n) is 2.25. The van der Waals surface area contributed by atoms with Gasteiger partial charge in [-0.3, -0.25) is 9.59 Å². The highest BCUT2D eigenvalue weighted by Crippen LogP contribution is 1.80. The summed E-state index contributed by atoms with van der Waals surface area (Å²) in [6, 6.07) is -1.94. The van der Waals surface area contributed by atoms with Crippen LogP contribution in [0.2, 0.25) is 0 Å². The molecule has 14 heavy (non-hydrogen) atoms. The van der Waals surface area contributed by atoms with E-state index < -0.39 is 30.6 Å². The van der Waals surface area contributed by atoms with Gasteiger partial charge < -0.3 is 26.8 Å². The largest absolute Gasteiger partial charge is 0.480 e.